The number of nitrogens with zero attached hydrogens (tertiary/aromatic N) is 1. The van der Waals surface area contributed by atoms with Gasteiger partial charge in [-0.25, -0.2) is 0 Å². The Bertz CT molecular complexity index is 228. The van der Waals surface area contributed by atoms with Crippen molar-refractivity contribution in [2.24, 2.45) is 23.5 Å². The van der Waals surface area contributed by atoms with Gasteiger partial charge in [-0.2, -0.15) is 0 Å². The minimum atomic E-state index is 0.129. The topological polar surface area (TPSA) is 46.3 Å². The summed E-state index contributed by atoms with van der Waals surface area (Å²) in [5.74, 6) is 1.35. The number of carbonyl (C=O) groups is 1. The predicted molar refractivity (Wildman–Crippen MR) is 62.3 cm³/mol. The van der Waals surface area contributed by atoms with Crippen LogP contribution in [0.5, 0.6) is 0 Å². The molecular weight excluding hydrogens is 188 g/mol. The van der Waals surface area contributed by atoms with E-state index in [2.05, 4.69) is 20.8 Å². The van der Waals surface area contributed by atoms with Crippen molar-refractivity contribution in [3.05, 3.63) is 0 Å². The van der Waals surface area contributed by atoms with Crippen LogP contribution in [0.1, 0.15) is 34.1 Å². The Morgan fingerprint density at radius 2 is 2.07 bits per heavy atom. The smallest absolute Gasteiger partial charge is 0.225 e. The summed E-state index contributed by atoms with van der Waals surface area (Å²) in [5.41, 5.74) is 5.66. The second-order valence-corrected chi connectivity index (χ2v) is 5.21. The van der Waals surface area contributed by atoms with E-state index in [0.29, 0.717) is 30.3 Å². The van der Waals surface area contributed by atoms with E-state index in [1.807, 2.05) is 11.8 Å². The summed E-state index contributed by atoms with van der Waals surface area (Å²) in [4.78, 5) is 14.2. The molecule has 1 rings (SSSR count). The molecule has 1 aliphatic heterocycles. The molecule has 3 nitrogen and oxygen atoms in total. The molecule has 0 aromatic rings. The number of hydrogen-bond acceptors (Lipinski definition) is 2. The van der Waals surface area contributed by atoms with Crippen LogP contribution in [-0.4, -0.2) is 29.9 Å². The first-order valence-corrected chi connectivity index (χ1v) is 5.97. The Labute approximate surface area is 93.0 Å². The summed E-state index contributed by atoms with van der Waals surface area (Å²) < 4.78 is 0. The highest BCUT2D eigenvalue weighted by molar-refractivity contribution is 5.79. The van der Waals surface area contributed by atoms with Crippen LogP contribution in [0, 0.1) is 17.8 Å². The van der Waals surface area contributed by atoms with Crippen LogP contribution in [0.2, 0.25) is 0 Å². The van der Waals surface area contributed by atoms with Crippen molar-refractivity contribution in [2.45, 2.75) is 40.2 Å². The third-order valence-electron chi connectivity index (χ3n) is 3.67. The third kappa shape index (κ3) is 2.71. The monoisotopic (exact) mass is 212 g/mol. The zero-order valence-corrected chi connectivity index (χ0v) is 10.4. The van der Waals surface area contributed by atoms with E-state index in [1.165, 1.54) is 0 Å². The van der Waals surface area contributed by atoms with Crippen molar-refractivity contribution < 1.29 is 4.79 Å². The van der Waals surface area contributed by atoms with Gasteiger partial charge in [-0.15, -0.1) is 0 Å². The number of rotatable bonds is 3. The van der Waals surface area contributed by atoms with Gasteiger partial charge < -0.3 is 10.6 Å². The lowest BCUT2D eigenvalue weighted by atomic mass is 9.96. The quantitative estimate of drug-likeness (QED) is 0.770. The Morgan fingerprint density at radius 1 is 1.47 bits per heavy atom. The van der Waals surface area contributed by atoms with Crippen LogP contribution in [0.25, 0.3) is 0 Å². The Hall–Kier alpha value is -0.570. The summed E-state index contributed by atoms with van der Waals surface area (Å²) in [6, 6.07) is 0.368. The molecule has 3 unspecified atom stereocenters. The van der Waals surface area contributed by atoms with Gasteiger partial charge in [0.25, 0.3) is 0 Å². The molecule has 0 saturated carbocycles. The average Bonchev–Trinajstić information content (AvgIpc) is 2.57. The molecule has 1 heterocycles. The number of likely N-dealkylation sites (tertiary alicyclic amines) is 1. The van der Waals surface area contributed by atoms with Crippen LogP contribution in [0.15, 0.2) is 0 Å². The SMILES string of the molecule is CC(C)C(C)C(=O)N1CC(CN)CC1C. The van der Waals surface area contributed by atoms with E-state index in [-0.39, 0.29) is 5.92 Å². The fraction of sp³-hybridized carbons (Fsp3) is 0.917. The summed E-state index contributed by atoms with van der Waals surface area (Å²) >= 11 is 0. The first-order chi connectivity index (χ1) is 6.97. The van der Waals surface area contributed by atoms with Crippen molar-refractivity contribution in [1.82, 2.24) is 4.90 Å². The fourth-order valence-corrected chi connectivity index (χ4v) is 2.17. The van der Waals surface area contributed by atoms with Gasteiger partial charge in [0.05, 0.1) is 0 Å². The van der Waals surface area contributed by atoms with Crippen LogP contribution in [0.4, 0.5) is 0 Å². The average molecular weight is 212 g/mol. The lowest BCUT2D eigenvalue weighted by Crippen LogP contribution is -2.39. The maximum Gasteiger partial charge on any atom is 0.225 e. The molecule has 88 valence electrons. The van der Waals surface area contributed by atoms with Crippen molar-refractivity contribution in [1.29, 1.82) is 0 Å². The molecule has 0 aliphatic carbocycles. The van der Waals surface area contributed by atoms with Crippen LogP contribution >= 0.6 is 0 Å². The van der Waals surface area contributed by atoms with Crippen LogP contribution in [0.3, 0.4) is 0 Å². The zero-order chi connectivity index (χ0) is 11.6. The van der Waals surface area contributed by atoms with E-state index in [9.17, 15) is 4.79 Å². The van der Waals surface area contributed by atoms with Crippen LogP contribution < -0.4 is 5.73 Å². The number of amides is 1. The molecule has 0 aromatic carbocycles. The second kappa shape index (κ2) is 4.97. The van der Waals surface area contributed by atoms with E-state index < -0.39 is 0 Å². The van der Waals surface area contributed by atoms with Gasteiger partial charge in [0.15, 0.2) is 0 Å². The summed E-state index contributed by atoms with van der Waals surface area (Å²) in [6.07, 6.45) is 1.06. The molecule has 0 bridgehead atoms. The largest absolute Gasteiger partial charge is 0.339 e. The molecule has 3 atom stereocenters. The number of hydrogen-bond donors (Lipinski definition) is 1. The van der Waals surface area contributed by atoms with E-state index >= 15 is 0 Å². The van der Waals surface area contributed by atoms with Crippen LogP contribution in [-0.2, 0) is 4.79 Å². The molecule has 0 radical (unpaired) electrons. The highest BCUT2D eigenvalue weighted by Crippen LogP contribution is 2.25. The summed E-state index contributed by atoms with van der Waals surface area (Å²) in [5, 5.41) is 0. The standard InChI is InChI=1S/C12H24N2O/c1-8(2)10(4)12(15)14-7-11(6-13)5-9(14)3/h8-11H,5-7,13H2,1-4H3. The van der Waals surface area contributed by atoms with Crippen molar-refractivity contribution >= 4 is 5.91 Å². The molecule has 1 aliphatic rings. The van der Waals surface area contributed by atoms with Gasteiger partial charge in [-0.05, 0) is 31.7 Å². The van der Waals surface area contributed by atoms with Crippen molar-refractivity contribution in [2.75, 3.05) is 13.1 Å². The first kappa shape index (κ1) is 12.5. The highest BCUT2D eigenvalue weighted by atomic mass is 16.2. The summed E-state index contributed by atoms with van der Waals surface area (Å²) in [6.45, 7) is 9.90. The van der Waals surface area contributed by atoms with Gasteiger partial charge >= 0.3 is 0 Å². The Kier molecular flexibility index (Phi) is 4.14. The van der Waals surface area contributed by atoms with Crippen molar-refractivity contribution in [3.8, 4) is 0 Å². The molecule has 1 amide bonds. The van der Waals surface area contributed by atoms with E-state index in [4.69, 9.17) is 5.73 Å². The van der Waals surface area contributed by atoms with Gasteiger partial charge in [0.2, 0.25) is 5.91 Å². The number of carbonyl (C=O) groups excluding carboxylic acids is 1. The van der Waals surface area contributed by atoms with E-state index in [0.717, 1.165) is 13.0 Å². The van der Waals surface area contributed by atoms with E-state index in [1.54, 1.807) is 0 Å². The Balaban J connectivity index is 2.61. The maximum absolute atomic E-state index is 12.1. The molecule has 15 heavy (non-hydrogen) atoms. The molecule has 0 spiro atoms. The van der Waals surface area contributed by atoms with Gasteiger partial charge in [-0.3, -0.25) is 4.79 Å². The molecular formula is C12H24N2O. The maximum atomic E-state index is 12.1. The molecule has 2 N–H and O–H groups in total. The molecule has 1 saturated heterocycles. The lowest BCUT2D eigenvalue weighted by Gasteiger charge is -2.26. The summed E-state index contributed by atoms with van der Waals surface area (Å²) in [7, 11) is 0. The lowest BCUT2D eigenvalue weighted by molar-refractivity contribution is -0.136. The second-order valence-electron chi connectivity index (χ2n) is 5.21. The normalized spacial score (nSPS) is 28.5. The Morgan fingerprint density at radius 3 is 2.47 bits per heavy atom. The first-order valence-electron chi connectivity index (χ1n) is 5.97. The minimum absolute atomic E-state index is 0.129. The van der Waals surface area contributed by atoms with Gasteiger partial charge in [0.1, 0.15) is 0 Å². The molecule has 1 fully saturated rings. The highest BCUT2D eigenvalue weighted by Gasteiger charge is 2.34. The number of nitrogens with two attached hydrogens (primary N) is 1. The van der Waals surface area contributed by atoms with Gasteiger partial charge in [0, 0.05) is 18.5 Å². The molecule has 3 heteroatoms. The van der Waals surface area contributed by atoms with Crippen molar-refractivity contribution in [3.63, 3.8) is 0 Å². The predicted octanol–water partition coefficient (Wildman–Crippen LogP) is 1.47. The van der Waals surface area contributed by atoms with Gasteiger partial charge in [-0.1, -0.05) is 20.8 Å². The minimum Gasteiger partial charge on any atom is -0.339 e. The third-order valence-corrected chi connectivity index (χ3v) is 3.67. The zero-order valence-electron chi connectivity index (χ0n) is 10.4. The molecule has 0 aromatic heterocycles. The fourth-order valence-electron chi connectivity index (χ4n) is 2.17.